The van der Waals surface area contributed by atoms with Crippen LogP contribution in [-0.2, 0) is 14.6 Å². The molecule has 0 aromatic heterocycles. The number of aliphatic imine (C=N–C) groups is 1. The van der Waals surface area contributed by atoms with E-state index >= 15 is 0 Å². The van der Waals surface area contributed by atoms with Gasteiger partial charge in [0, 0.05) is 33.7 Å². The number of halogens is 1. The normalized spacial score (nSPS) is 22.7. The van der Waals surface area contributed by atoms with Crippen LogP contribution in [0, 0.1) is 5.92 Å². The van der Waals surface area contributed by atoms with Crippen molar-refractivity contribution >= 4 is 45.7 Å². The maximum absolute atomic E-state index is 12.3. The molecule has 1 aliphatic carbocycles. The monoisotopic (exact) mass is 514 g/mol. The molecule has 2 aliphatic rings. The zero-order valence-corrected chi connectivity index (χ0v) is 20.2. The first-order valence-corrected chi connectivity index (χ1v) is 11.2. The Morgan fingerprint density at radius 2 is 1.85 bits per heavy atom. The molecule has 1 N–H and O–H groups in total. The van der Waals surface area contributed by atoms with E-state index in [0.717, 1.165) is 6.54 Å². The maximum Gasteiger partial charge on any atom is 0.243 e. The Kier molecular flexibility index (Phi) is 9.30. The van der Waals surface area contributed by atoms with Crippen molar-refractivity contribution in [3.8, 4) is 0 Å². The van der Waals surface area contributed by atoms with Crippen molar-refractivity contribution < 1.29 is 13.2 Å². The molecule has 1 amide bonds. The van der Waals surface area contributed by atoms with Gasteiger partial charge in [0.1, 0.15) is 6.54 Å². The van der Waals surface area contributed by atoms with E-state index in [1.54, 1.807) is 27.9 Å². The third kappa shape index (κ3) is 6.76. The van der Waals surface area contributed by atoms with Gasteiger partial charge in [0.15, 0.2) is 15.8 Å². The van der Waals surface area contributed by atoms with E-state index in [9.17, 15) is 13.2 Å². The number of hydrogen-bond acceptors (Lipinski definition) is 4. The van der Waals surface area contributed by atoms with E-state index in [4.69, 9.17) is 0 Å². The van der Waals surface area contributed by atoms with Crippen LogP contribution in [0.1, 0.15) is 46.0 Å². The van der Waals surface area contributed by atoms with Gasteiger partial charge < -0.3 is 15.1 Å². The SMILES string of the molecule is CN(C)C(=O)CN=C(NCC1CCCCC1)N1CCS(=O)(=O)C(C)(C)C1.I. The molecule has 0 aromatic rings. The molecule has 0 atom stereocenters. The lowest BCUT2D eigenvalue weighted by atomic mass is 9.89. The molecular formula is C18H35IN4O3S. The maximum atomic E-state index is 12.3. The van der Waals surface area contributed by atoms with Crippen LogP contribution in [0.5, 0.6) is 0 Å². The molecule has 9 heteroatoms. The molecular weight excluding hydrogens is 479 g/mol. The molecule has 0 radical (unpaired) electrons. The Bertz CT molecular complexity index is 629. The lowest BCUT2D eigenvalue weighted by Crippen LogP contribution is -2.57. The minimum absolute atomic E-state index is 0. The summed E-state index contributed by atoms with van der Waals surface area (Å²) in [5, 5.41) is 3.43. The fourth-order valence-corrected chi connectivity index (χ4v) is 4.87. The fraction of sp³-hybridized carbons (Fsp3) is 0.889. The highest BCUT2D eigenvalue weighted by Gasteiger charge is 2.41. The lowest BCUT2D eigenvalue weighted by molar-refractivity contribution is -0.127. The van der Waals surface area contributed by atoms with Gasteiger partial charge in [-0.3, -0.25) is 4.79 Å². The minimum atomic E-state index is -3.11. The zero-order chi connectivity index (χ0) is 19.4. The average molecular weight is 514 g/mol. The first-order chi connectivity index (χ1) is 12.1. The van der Waals surface area contributed by atoms with Gasteiger partial charge in [-0.25, -0.2) is 13.4 Å². The number of carbonyl (C=O) groups is 1. The number of sulfone groups is 1. The smallest absolute Gasteiger partial charge is 0.243 e. The molecule has 2 rings (SSSR count). The highest BCUT2D eigenvalue weighted by Crippen LogP contribution is 2.25. The Labute approximate surface area is 181 Å². The second-order valence-corrected chi connectivity index (χ2v) is 11.1. The van der Waals surface area contributed by atoms with E-state index in [1.165, 1.54) is 37.0 Å². The van der Waals surface area contributed by atoms with Crippen molar-refractivity contribution in [2.45, 2.75) is 50.7 Å². The molecule has 1 aliphatic heterocycles. The van der Waals surface area contributed by atoms with Gasteiger partial charge in [-0.2, -0.15) is 0 Å². The van der Waals surface area contributed by atoms with Crippen molar-refractivity contribution in [3.63, 3.8) is 0 Å². The summed E-state index contributed by atoms with van der Waals surface area (Å²) < 4.78 is 23.8. The Hall–Kier alpha value is -0.580. The van der Waals surface area contributed by atoms with Gasteiger partial charge >= 0.3 is 0 Å². The molecule has 7 nitrogen and oxygen atoms in total. The summed E-state index contributed by atoms with van der Waals surface area (Å²) in [5.74, 6) is 1.34. The van der Waals surface area contributed by atoms with Gasteiger partial charge in [0.2, 0.25) is 5.91 Å². The van der Waals surface area contributed by atoms with Crippen LogP contribution in [0.25, 0.3) is 0 Å². The Balaban J connectivity index is 0.00000364. The average Bonchev–Trinajstić information content (AvgIpc) is 2.58. The van der Waals surface area contributed by atoms with Crippen LogP contribution in [0.3, 0.4) is 0 Å². The summed E-state index contributed by atoms with van der Waals surface area (Å²) in [7, 11) is 0.317. The van der Waals surface area contributed by atoms with Crippen LogP contribution in [-0.4, -0.2) is 80.9 Å². The lowest BCUT2D eigenvalue weighted by Gasteiger charge is -2.39. The molecule has 0 aromatic carbocycles. The largest absolute Gasteiger partial charge is 0.356 e. The van der Waals surface area contributed by atoms with E-state index in [0.29, 0.717) is 25.0 Å². The molecule has 0 unspecified atom stereocenters. The van der Waals surface area contributed by atoms with Crippen LogP contribution >= 0.6 is 24.0 Å². The summed E-state index contributed by atoms with van der Waals surface area (Å²) in [6.45, 7) is 5.24. The number of amides is 1. The molecule has 1 saturated heterocycles. The zero-order valence-electron chi connectivity index (χ0n) is 17.0. The summed E-state index contributed by atoms with van der Waals surface area (Å²) >= 11 is 0. The van der Waals surface area contributed by atoms with Crippen molar-refractivity contribution in [1.82, 2.24) is 15.1 Å². The van der Waals surface area contributed by atoms with Crippen molar-refractivity contribution in [3.05, 3.63) is 0 Å². The fourth-order valence-electron chi connectivity index (χ4n) is 3.50. The number of nitrogens with zero attached hydrogens (tertiary/aromatic N) is 3. The van der Waals surface area contributed by atoms with Crippen LogP contribution in [0.2, 0.25) is 0 Å². The number of nitrogens with one attached hydrogen (secondary N) is 1. The van der Waals surface area contributed by atoms with Crippen molar-refractivity contribution in [2.75, 3.05) is 46.0 Å². The number of likely N-dealkylation sites (N-methyl/N-ethyl adjacent to an activating group) is 1. The van der Waals surface area contributed by atoms with Crippen LogP contribution in [0.15, 0.2) is 4.99 Å². The van der Waals surface area contributed by atoms with E-state index < -0.39 is 14.6 Å². The second kappa shape index (κ2) is 10.3. The number of rotatable bonds is 4. The third-order valence-electron chi connectivity index (χ3n) is 5.48. The second-order valence-electron chi connectivity index (χ2n) is 8.31. The summed E-state index contributed by atoms with van der Waals surface area (Å²) in [5.41, 5.74) is 0. The standard InChI is InChI=1S/C18H34N4O3S.HI/c1-18(2)14-22(10-11-26(18,24)25)17(20-13-16(23)21(3)4)19-12-15-8-6-5-7-9-15;/h15H,5-14H2,1-4H3,(H,19,20);1H. The predicted octanol–water partition coefficient (Wildman–Crippen LogP) is 1.73. The summed E-state index contributed by atoms with van der Waals surface area (Å²) in [4.78, 5) is 20.0. The highest BCUT2D eigenvalue weighted by molar-refractivity contribution is 14.0. The predicted molar refractivity (Wildman–Crippen MR) is 120 cm³/mol. The van der Waals surface area contributed by atoms with Gasteiger partial charge in [0.25, 0.3) is 0 Å². The first kappa shape index (κ1) is 24.5. The molecule has 0 bridgehead atoms. The molecule has 0 spiro atoms. The van der Waals surface area contributed by atoms with E-state index in [2.05, 4.69) is 10.3 Å². The highest BCUT2D eigenvalue weighted by atomic mass is 127. The number of guanidine groups is 1. The van der Waals surface area contributed by atoms with Crippen molar-refractivity contribution in [2.24, 2.45) is 10.9 Å². The Morgan fingerprint density at radius 1 is 1.22 bits per heavy atom. The van der Waals surface area contributed by atoms with Crippen LogP contribution < -0.4 is 5.32 Å². The summed E-state index contributed by atoms with van der Waals surface area (Å²) in [6.07, 6.45) is 6.29. The molecule has 27 heavy (non-hydrogen) atoms. The van der Waals surface area contributed by atoms with Gasteiger partial charge in [0.05, 0.1) is 10.5 Å². The van der Waals surface area contributed by atoms with Gasteiger partial charge in [-0.05, 0) is 32.6 Å². The van der Waals surface area contributed by atoms with Gasteiger partial charge in [-0.1, -0.05) is 19.3 Å². The Morgan fingerprint density at radius 3 is 2.41 bits per heavy atom. The molecule has 1 heterocycles. The number of carbonyl (C=O) groups excluding carboxylic acids is 1. The third-order valence-corrected chi connectivity index (χ3v) is 8.01. The topological polar surface area (TPSA) is 82.1 Å². The quantitative estimate of drug-likeness (QED) is 0.351. The molecule has 158 valence electrons. The van der Waals surface area contributed by atoms with Crippen molar-refractivity contribution in [1.29, 1.82) is 0 Å². The molecule has 1 saturated carbocycles. The first-order valence-electron chi connectivity index (χ1n) is 9.58. The van der Waals surface area contributed by atoms with Gasteiger partial charge in [-0.15, -0.1) is 24.0 Å². The summed E-state index contributed by atoms with van der Waals surface area (Å²) in [6, 6.07) is 0. The minimum Gasteiger partial charge on any atom is -0.356 e. The van der Waals surface area contributed by atoms with E-state index in [1.807, 2.05) is 4.90 Å². The van der Waals surface area contributed by atoms with Crippen LogP contribution in [0.4, 0.5) is 0 Å². The molecule has 2 fully saturated rings. The van der Waals surface area contributed by atoms with E-state index in [-0.39, 0.29) is 42.2 Å². The number of hydrogen-bond donors (Lipinski definition) is 1.